The number of hydrogen-bond donors (Lipinski definition) is 2. The number of amides is 1. The molecule has 0 fully saturated rings. The van der Waals surface area contributed by atoms with E-state index < -0.39 is 0 Å². The number of nitrogens with zero attached hydrogens (tertiary/aromatic N) is 2. The lowest BCUT2D eigenvalue weighted by atomic mass is 10.2. The van der Waals surface area contributed by atoms with Gasteiger partial charge in [0.05, 0.1) is 0 Å². The molecule has 6 heteroatoms. The summed E-state index contributed by atoms with van der Waals surface area (Å²) in [4.78, 5) is 19.5. The lowest BCUT2D eigenvalue weighted by molar-refractivity contribution is 0.102. The van der Waals surface area contributed by atoms with Crippen molar-refractivity contribution in [1.82, 2.24) is 9.97 Å². The predicted molar refractivity (Wildman–Crippen MR) is 65.8 cm³/mol. The lowest BCUT2D eigenvalue weighted by Gasteiger charge is -2.04. The minimum Gasteiger partial charge on any atom is -0.399 e. The van der Waals surface area contributed by atoms with Gasteiger partial charge in [0.2, 0.25) is 5.95 Å². The largest absolute Gasteiger partial charge is 0.399 e. The highest BCUT2D eigenvalue weighted by Crippen LogP contribution is 2.10. The number of halogens is 1. The van der Waals surface area contributed by atoms with Gasteiger partial charge in [-0.3, -0.25) is 10.1 Å². The van der Waals surface area contributed by atoms with E-state index in [0.717, 1.165) is 0 Å². The van der Waals surface area contributed by atoms with Gasteiger partial charge in [-0.25, -0.2) is 9.97 Å². The van der Waals surface area contributed by atoms with Crippen LogP contribution in [0.25, 0.3) is 0 Å². The molecule has 0 aliphatic rings. The molecular formula is C11H9ClN4O. The van der Waals surface area contributed by atoms with Crippen LogP contribution < -0.4 is 11.1 Å². The van der Waals surface area contributed by atoms with Crippen LogP contribution in [-0.4, -0.2) is 15.9 Å². The van der Waals surface area contributed by atoms with Crippen molar-refractivity contribution in [3.05, 3.63) is 47.2 Å². The van der Waals surface area contributed by atoms with Gasteiger partial charge in [0.25, 0.3) is 5.91 Å². The number of nitrogens with one attached hydrogen (secondary N) is 1. The molecule has 0 aliphatic heterocycles. The number of benzene rings is 1. The molecule has 0 bridgehead atoms. The molecule has 1 amide bonds. The molecule has 0 saturated carbocycles. The zero-order valence-corrected chi connectivity index (χ0v) is 9.48. The number of rotatable bonds is 2. The normalized spacial score (nSPS) is 9.94. The van der Waals surface area contributed by atoms with Gasteiger partial charge in [-0.05, 0) is 24.3 Å². The average molecular weight is 249 g/mol. The Balaban J connectivity index is 2.17. The first-order chi connectivity index (χ1) is 8.15. The molecular weight excluding hydrogens is 240 g/mol. The third kappa shape index (κ3) is 2.92. The molecule has 1 aromatic heterocycles. The maximum absolute atomic E-state index is 11.8. The molecule has 2 aromatic rings. The van der Waals surface area contributed by atoms with Crippen molar-refractivity contribution in [2.45, 2.75) is 0 Å². The fourth-order valence-corrected chi connectivity index (χ4v) is 1.39. The molecule has 1 heterocycles. The minimum atomic E-state index is -0.334. The number of anilines is 2. The van der Waals surface area contributed by atoms with Gasteiger partial charge in [-0.1, -0.05) is 17.7 Å². The van der Waals surface area contributed by atoms with Crippen LogP contribution in [0.3, 0.4) is 0 Å². The van der Waals surface area contributed by atoms with Crippen molar-refractivity contribution in [2.75, 3.05) is 11.1 Å². The number of nitrogen functional groups attached to an aromatic ring is 1. The van der Waals surface area contributed by atoms with Crippen LogP contribution in [0, 0.1) is 0 Å². The molecule has 0 saturated heterocycles. The van der Waals surface area contributed by atoms with E-state index in [9.17, 15) is 4.79 Å². The van der Waals surface area contributed by atoms with E-state index >= 15 is 0 Å². The van der Waals surface area contributed by atoms with E-state index in [1.54, 1.807) is 24.3 Å². The Bertz CT molecular complexity index is 559. The minimum absolute atomic E-state index is 0.157. The average Bonchev–Trinajstić information content (AvgIpc) is 2.29. The molecule has 3 N–H and O–H groups in total. The van der Waals surface area contributed by atoms with Gasteiger partial charge in [0.15, 0.2) is 0 Å². The molecule has 5 nitrogen and oxygen atoms in total. The predicted octanol–water partition coefficient (Wildman–Crippen LogP) is 1.96. The number of hydrogen-bond acceptors (Lipinski definition) is 4. The third-order valence-electron chi connectivity index (χ3n) is 2.00. The van der Waals surface area contributed by atoms with E-state index in [1.807, 2.05) is 0 Å². The van der Waals surface area contributed by atoms with Crippen molar-refractivity contribution < 1.29 is 4.79 Å². The summed E-state index contributed by atoms with van der Waals surface area (Å²) in [6.07, 6.45) is 1.46. The van der Waals surface area contributed by atoms with Crippen LogP contribution in [0.4, 0.5) is 11.6 Å². The molecule has 2 rings (SSSR count). The number of nitrogens with two attached hydrogens (primary N) is 1. The molecule has 0 spiro atoms. The molecule has 0 atom stereocenters. The summed E-state index contributed by atoms with van der Waals surface area (Å²) < 4.78 is 0. The van der Waals surface area contributed by atoms with Crippen molar-refractivity contribution in [1.29, 1.82) is 0 Å². The summed E-state index contributed by atoms with van der Waals surface area (Å²) in [5.41, 5.74) is 6.54. The fourth-order valence-electron chi connectivity index (χ4n) is 1.25. The van der Waals surface area contributed by atoms with E-state index in [-0.39, 0.29) is 17.0 Å². The first kappa shape index (κ1) is 11.3. The zero-order valence-electron chi connectivity index (χ0n) is 8.72. The Labute approximate surface area is 103 Å². The Kier molecular flexibility index (Phi) is 3.20. The van der Waals surface area contributed by atoms with Gasteiger partial charge in [0, 0.05) is 17.4 Å². The summed E-state index contributed by atoms with van der Waals surface area (Å²) in [5.74, 6) is -0.176. The number of aromatic nitrogens is 2. The maximum atomic E-state index is 11.8. The van der Waals surface area contributed by atoms with Crippen molar-refractivity contribution >= 4 is 29.1 Å². The first-order valence-corrected chi connectivity index (χ1v) is 5.18. The summed E-state index contributed by atoms with van der Waals surface area (Å²) in [5, 5.41) is 2.79. The number of carbonyl (C=O) groups excluding carboxylic acids is 1. The standard InChI is InChI=1S/C11H9ClN4O/c12-9-4-5-14-11(15-9)16-10(17)7-2-1-3-8(13)6-7/h1-6H,13H2,(H,14,15,16,17). The maximum Gasteiger partial charge on any atom is 0.258 e. The second kappa shape index (κ2) is 4.80. The quantitative estimate of drug-likeness (QED) is 0.629. The van der Waals surface area contributed by atoms with E-state index in [0.29, 0.717) is 11.3 Å². The third-order valence-corrected chi connectivity index (χ3v) is 2.21. The Hall–Kier alpha value is -2.14. The smallest absolute Gasteiger partial charge is 0.258 e. The topological polar surface area (TPSA) is 80.9 Å². The van der Waals surface area contributed by atoms with Gasteiger partial charge < -0.3 is 5.73 Å². The van der Waals surface area contributed by atoms with Crippen LogP contribution in [0.5, 0.6) is 0 Å². The van der Waals surface area contributed by atoms with E-state index in [1.165, 1.54) is 12.3 Å². The second-order valence-electron chi connectivity index (χ2n) is 3.28. The van der Waals surface area contributed by atoms with Crippen molar-refractivity contribution in [2.24, 2.45) is 0 Å². The molecule has 0 aliphatic carbocycles. The second-order valence-corrected chi connectivity index (χ2v) is 3.67. The van der Waals surface area contributed by atoms with E-state index in [2.05, 4.69) is 15.3 Å². The monoisotopic (exact) mass is 248 g/mol. The van der Waals surface area contributed by atoms with Crippen molar-refractivity contribution in [3.8, 4) is 0 Å². The zero-order chi connectivity index (χ0) is 12.3. The lowest BCUT2D eigenvalue weighted by Crippen LogP contribution is -2.14. The Morgan fingerprint density at radius 3 is 2.88 bits per heavy atom. The van der Waals surface area contributed by atoms with E-state index in [4.69, 9.17) is 17.3 Å². The molecule has 0 unspecified atom stereocenters. The van der Waals surface area contributed by atoms with Crippen LogP contribution in [0.15, 0.2) is 36.5 Å². The van der Waals surface area contributed by atoms with Gasteiger partial charge in [0.1, 0.15) is 5.15 Å². The SMILES string of the molecule is Nc1cccc(C(=O)Nc2nccc(Cl)n2)c1. The van der Waals surface area contributed by atoms with Crippen LogP contribution >= 0.6 is 11.6 Å². The number of carbonyl (C=O) groups is 1. The summed E-state index contributed by atoms with van der Waals surface area (Å²) >= 11 is 5.68. The van der Waals surface area contributed by atoms with Crippen LogP contribution in [-0.2, 0) is 0 Å². The molecule has 1 aromatic carbocycles. The molecule has 86 valence electrons. The van der Waals surface area contributed by atoms with Gasteiger partial charge >= 0.3 is 0 Å². The summed E-state index contributed by atoms with van der Waals surface area (Å²) in [6, 6.07) is 8.14. The van der Waals surface area contributed by atoms with Gasteiger partial charge in [-0.15, -0.1) is 0 Å². The summed E-state index contributed by atoms with van der Waals surface area (Å²) in [7, 11) is 0. The van der Waals surface area contributed by atoms with Gasteiger partial charge in [-0.2, -0.15) is 0 Å². The molecule has 0 radical (unpaired) electrons. The molecule has 17 heavy (non-hydrogen) atoms. The highest BCUT2D eigenvalue weighted by Gasteiger charge is 2.07. The fraction of sp³-hybridized carbons (Fsp3) is 0. The Morgan fingerprint density at radius 1 is 1.35 bits per heavy atom. The summed E-state index contributed by atoms with van der Waals surface area (Å²) in [6.45, 7) is 0. The highest BCUT2D eigenvalue weighted by molar-refractivity contribution is 6.29. The Morgan fingerprint density at radius 2 is 2.18 bits per heavy atom. The first-order valence-electron chi connectivity index (χ1n) is 4.80. The van der Waals surface area contributed by atoms with Crippen molar-refractivity contribution in [3.63, 3.8) is 0 Å². The van der Waals surface area contributed by atoms with Crippen LogP contribution in [0.2, 0.25) is 5.15 Å². The van der Waals surface area contributed by atoms with Crippen LogP contribution in [0.1, 0.15) is 10.4 Å². The highest BCUT2D eigenvalue weighted by atomic mass is 35.5.